The van der Waals surface area contributed by atoms with Crippen molar-refractivity contribution in [1.29, 1.82) is 0 Å². The standard InChI is InChI=1S/C23H26N2O4S/c1-16-11-17(2)21-13-18(23(26)24-22(21)12-16)14-25(15-19-7-6-10-29-19)30(27,28)20-8-4-3-5-9-20/h3-5,8-9,11-13,19H,6-7,10,14-15H2,1-2H3,(H,24,26)/t19-/m0/s1. The van der Waals surface area contributed by atoms with Crippen LogP contribution in [0.25, 0.3) is 10.9 Å². The van der Waals surface area contributed by atoms with Gasteiger partial charge in [-0.05, 0) is 62.1 Å². The number of hydrogen-bond donors (Lipinski definition) is 1. The molecule has 0 bridgehead atoms. The van der Waals surface area contributed by atoms with E-state index in [-0.39, 0.29) is 29.6 Å². The number of aryl methyl sites for hydroxylation is 2. The van der Waals surface area contributed by atoms with Gasteiger partial charge in [0.2, 0.25) is 10.0 Å². The second kappa shape index (κ2) is 8.34. The predicted molar refractivity (Wildman–Crippen MR) is 117 cm³/mol. The Hall–Kier alpha value is -2.48. The van der Waals surface area contributed by atoms with Gasteiger partial charge in [0.05, 0.1) is 11.0 Å². The largest absolute Gasteiger partial charge is 0.377 e. The molecule has 0 unspecified atom stereocenters. The number of H-pyrrole nitrogens is 1. The average molecular weight is 427 g/mol. The first-order valence-corrected chi connectivity index (χ1v) is 11.6. The molecule has 0 amide bonds. The number of ether oxygens (including phenoxy) is 1. The minimum atomic E-state index is -3.77. The first kappa shape index (κ1) is 20.8. The van der Waals surface area contributed by atoms with Gasteiger partial charge < -0.3 is 9.72 Å². The monoisotopic (exact) mass is 426 g/mol. The van der Waals surface area contributed by atoms with Crippen LogP contribution in [0.15, 0.2) is 58.2 Å². The third-order valence-corrected chi connectivity index (χ3v) is 7.37. The second-order valence-corrected chi connectivity index (χ2v) is 9.85. The summed E-state index contributed by atoms with van der Waals surface area (Å²) < 4.78 is 33.8. The summed E-state index contributed by atoms with van der Waals surface area (Å²) in [5.74, 6) is 0. The van der Waals surface area contributed by atoms with Gasteiger partial charge in [-0.25, -0.2) is 8.42 Å². The van der Waals surface area contributed by atoms with Gasteiger partial charge in [0.15, 0.2) is 0 Å². The van der Waals surface area contributed by atoms with Crippen molar-refractivity contribution < 1.29 is 13.2 Å². The molecule has 1 aliphatic heterocycles. The zero-order valence-electron chi connectivity index (χ0n) is 17.2. The molecule has 0 radical (unpaired) electrons. The molecule has 7 heteroatoms. The van der Waals surface area contributed by atoms with E-state index in [0.717, 1.165) is 34.9 Å². The third kappa shape index (κ3) is 4.19. The number of aromatic nitrogens is 1. The van der Waals surface area contributed by atoms with Crippen LogP contribution in [-0.4, -0.2) is 37.0 Å². The number of fused-ring (bicyclic) bond motifs is 1. The van der Waals surface area contributed by atoms with Crippen molar-refractivity contribution in [3.05, 3.63) is 75.6 Å². The first-order chi connectivity index (χ1) is 14.3. The zero-order valence-corrected chi connectivity index (χ0v) is 18.0. The molecule has 0 spiro atoms. The minimum absolute atomic E-state index is 0.00429. The van der Waals surface area contributed by atoms with Gasteiger partial charge in [0.25, 0.3) is 5.56 Å². The summed E-state index contributed by atoms with van der Waals surface area (Å²) in [5, 5.41) is 0.921. The van der Waals surface area contributed by atoms with E-state index in [2.05, 4.69) is 11.1 Å². The van der Waals surface area contributed by atoms with E-state index >= 15 is 0 Å². The third-order valence-electron chi connectivity index (χ3n) is 5.55. The van der Waals surface area contributed by atoms with Gasteiger partial charge in [-0.3, -0.25) is 4.79 Å². The molecule has 0 aliphatic carbocycles. The van der Waals surface area contributed by atoms with Crippen LogP contribution in [0, 0.1) is 13.8 Å². The van der Waals surface area contributed by atoms with Crippen molar-refractivity contribution in [3.63, 3.8) is 0 Å². The van der Waals surface area contributed by atoms with E-state index in [1.54, 1.807) is 30.3 Å². The summed E-state index contributed by atoms with van der Waals surface area (Å²) in [4.78, 5) is 15.9. The Balaban J connectivity index is 1.75. The molecule has 3 aromatic rings. The van der Waals surface area contributed by atoms with Crippen LogP contribution < -0.4 is 5.56 Å². The van der Waals surface area contributed by atoms with Crippen molar-refractivity contribution in [2.75, 3.05) is 13.2 Å². The number of hydrogen-bond acceptors (Lipinski definition) is 4. The molecule has 0 saturated carbocycles. The lowest BCUT2D eigenvalue weighted by Crippen LogP contribution is -2.38. The quantitative estimate of drug-likeness (QED) is 0.654. The number of sulfonamides is 1. The van der Waals surface area contributed by atoms with Crippen LogP contribution >= 0.6 is 0 Å². The summed E-state index contributed by atoms with van der Waals surface area (Å²) >= 11 is 0. The second-order valence-electron chi connectivity index (χ2n) is 7.91. The maximum atomic E-state index is 13.4. The Morgan fingerprint density at radius 2 is 1.90 bits per heavy atom. The molecule has 30 heavy (non-hydrogen) atoms. The smallest absolute Gasteiger partial charge is 0.252 e. The molecule has 2 aromatic carbocycles. The summed E-state index contributed by atoms with van der Waals surface area (Å²) in [6, 6.07) is 14.1. The van der Waals surface area contributed by atoms with E-state index in [1.807, 2.05) is 26.0 Å². The molecule has 1 aliphatic rings. The molecule has 158 valence electrons. The fourth-order valence-corrected chi connectivity index (χ4v) is 5.50. The summed E-state index contributed by atoms with van der Waals surface area (Å²) in [5.41, 5.74) is 3.02. The van der Waals surface area contributed by atoms with Gasteiger partial charge in [-0.2, -0.15) is 4.31 Å². The normalized spacial score (nSPS) is 17.1. The minimum Gasteiger partial charge on any atom is -0.377 e. The van der Waals surface area contributed by atoms with Crippen molar-refractivity contribution in [3.8, 4) is 0 Å². The molecule has 1 atom stereocenters. The number of pyridine rings is 1. The first-order valence-electron chi connectivity index (χ1n) is 10.1. The van der Waals surface area contributed by atoms with Crippen molar-refractivity contribution >= 4 is 20.9 Å². The lowest BCUT2D eigenvalue weighted by atomic mass is 10.0. The number of aromatic amines is 1. The molecular weight excluding hydrogens is 400 g/mol. The number of rotatable bonds is 6. The Morgan fingerprint density at radius 1 is 1.13 bits per heavy atom. The number of nitrogens with zero attached hydrogens (tertiary/aromatic N) is 1. The summed E-state index contributed by atoms with van der Waals surface area (Å²) in [7, 11) is -3.77. The molecule has 2 heterocycles. The molecule has 1 fully saturated rings. The lowest BCUT2D eigenvalue weighted by Gasteiger charge is -2.25. The highest BCUT2D eigenvalue weighted by Crippen LogP contribution is 2.23. The SMILES string of the molecule is Cc1cc(C)c2cc(CN(C[C@@H]3CCCO3)S(=O)(=O)c3ccccc3)c(=O)[nH]c2c1. The highest BCUT2D eigenvalue weighted by Gasteiger charge is 2.30. The fourth-order valence-electron chi connectivity index (χ4n) is 4.03. The van der Waals surface area contributed by atoms with Crippen molar-refractivity contribution in [2.24, 2.45) is 0 Å². The van der Waals surface area contributed by atoms with Crippen LogP contribution in [0.2, 0.25) is 0 Å². The molecular formula is C23H26N2O4S. The topological polar surface area (TPSA) is 79.5 Å². The van der Waals surface area contributed by atoms with E-state index < -0.39 is 10.0 Å². The van der Waals surface area contributed by atoms with E-state index in [0.29, 0.717) is 12.2 Å². The zero-order chi connectivity index (χ0) is 21.3. The molecule has 6 nitrogen and oxygen atoms in total. The lowest BCUT2D eigenvalue weighted by molar-refractivity contribution is 0.0925. The number of nitrogens with one attached hydrogen (secondary N) is 1. The van der Waals surface area contributed by atoms with Crippen LogP contribution in [0.5, 0.6) is 0 Å². The molecule has 4 rings (SSSR count). The molecule has 1 aromatic heterocycles. The number of benzene rings is 2. The van der Waals surface area contributed by atoms with Crippen LogP contribution in [0.4, 0.5) is 0 Å². The van der Waals surface area contributed by atoms with Gasteiger partial charge in [0.1, 0.15) is 0 Å². The fraction of sp³-hybridized carbons (Fsp3) is 0.348. The predicted octanol–water partition coefficient (Wildman–Crippen LogP) is 3.51. The van der Waals surface area contributed by atoms with Crippen LogP contribution in [0.1, 0.15) is 29.5 Å². The highest BCUT2D eigenvalue weighted by molar-refractivity contribution is 7.89. The molecule has 1 N–H and O–H groups in total. The Morgan fingerprint density at radius 3 is 2.60 bits per heavy atom. The van der Waals surface area contributed by atoms with Crippen LogP contribution in [0.3, 0.4) is 0 Å². The van der Waals surface area contributed by atoms with E-state index in [1.165, 1.54) is 4.31 Å². The maximum absolute atomic E-state index is 13.4. The van der Waals surface area contributed by atoms with E-state index in [9.17, 15) is 13.2 Å². The van der Waals surface area contributed by atoms with Gasteiger partial charge in [-0.15, -0.1) is 0 Å². The summed E-state index contributed by atoms with van der Waals surface area (Å²) in [6.07, 6.45) is 1.57. The summed E-state index contributed by atoms with van der Waals surface area (Å²) in [6.45, 7) is 4.83. The average Bonchev–Trinajstić information content (AvgIpc) is 3.22. The molecule has 1 saturated heterocycles. The highest BCUT2D eigenvalue weighted by atomic mass is 32.2. The van der Waals surface area contributed by atoms with E-state index in [4.69, 9.17) is 4.74 Å². The Labute approximate surface area is 176 Å². The van der Waals surface area contributed by atoms with Crippen LogP contribution in [-0.2, 0) is 21.3 Å². The van der Waals surface area contributed by atoms with Gasteiger partial charge in [0, 0.05) is 36.2 Å². The van der Waals surface area contributed by atoms with Crippen molar-refractivity contribution in [2.45, 2.75) is 44.2 Å². The van der Waals surface area contributed by atoms with Gasteiger partial charge in [-0.1, -0.05) is 24.3 Å². The Bertz CT molecular complexity index is 1210. The van der Waals surface area contributed by atoms with Gasteiger partial charge >= 0.3 is 0 Å². The maximum Gasteiger partial charge on any atom is 0.252 e. The van der Waals surface area contributed by atoms with Crippen molar-refractivity contribution in [1.82, 2.24) is 9.29 Å². The Kier molecular flexibility index (Phi) is 5.77.